The van der Waals surface area contributed by atoms with Gasteiger partial charge in [-0.25, -0.2) is 4.98 Å². The first-order chi connectivity index (χ1) is 9.58. The fourth-order valence-corrected chi connectivity index (χ4v) is 3.25. The molecule has 2 heterocycles. The van der Waals surface area contributed by atoms with E-state index in [2.05, 4.69) is 48.6 Å². The normalized spacial score (nSPS) is 26.0. The van der Waals surface area contributed by atoms with Gasteiger partial charge in [-0.3, -0.25) is 4.90 Å². The summed E-state index contributed by atoms with van der Waals surface area (Å²) in [5.41, 5.74) is 8.41. The molecule has 2 N–H and O–H groups in total. The number of benzene rings is 1. The number of hydrogen-bond acceptors (Lipinski definition) is 3. The van der Waals surface area contributed by atoms with E-state index < -0.39 is 0 Å². The minimum Gasteiger partial charge on any atom is -0.330 e. The Bertz CT molecular complexity index is 604. The van der Waals surface area contributed by atoms with Gasteiger partial charge in [-0.15, -0.1) is 0 Å². The molecule has 0 saturated carbocycles. The minimum atomic E-state index is 0.336. The van der Waals surface area contributed by atoms with Gasteiger partial charge in [0.1, 0.15) is 5.82 Å². The third kappa shape index (κ3) is 2.23. The quantitative estimate of drug-likeness (QED) is 0.912. The molecule has 3 rings (SSSR count). The number of nitrogens with zero attached hydrogens (tertiary/aromatic N) is 3. The molecule has 108 valence electrons. The van der Waals surface area contributed by atoms with Gasteiger partial charge >= 0.3 is 0 Å². The van der Waals surface area contributed by atoms with Crippen molar-refractivity contribution in [1.29, 1.82) is 0 Å². The van der Waals surface area contributed by atoms with Crippen molar-refractivity contribution in [1.82, 2.24) is 14.5 Å². The molecule has 1 aliphatic rings. The average molecular weight is 272 g/mol. The van der Waals surface area contributed by atoms with E-state index in [4.69, 9.17) is 10.7 Å². The van der Waals surface area contributed by atoms with E-state index >= 15 is 0 Å². The number of aromatic nitrogens is 2. The first-order valence-electron chi connectivity index (χ1n) is 7.49. The number of para-hydroxylation sites is 2. The fourth-order valence-electron chi connectivity index (χ4n) is 3.25. The summed E-state index contributed by atoms with van der Waals surface area (Å²) in [4.78, 5) is 7.33. The lowest BCUT2D eigenvalue weighted by molar-refractivity contribution is 0.118. The first kappa shape index (κ1) is 13.6. The standard InChI is InChI=1S/C16H24N4/c1-11-10-20(9-8-13(11)17)12(2)16-18-14-6-4-5-7-15(14)19(16)3/h4-7,11-13H,8-10,17H2,1-3H3. The zero-order valence-corrected chi connectivity index (χ0v) is 12.6. The zero-order valence-electron chi connectivity index (χ0n) is 12.6. The summed E-state index contributed by atoms with van der Waals surface area (Å²) in [6.07, 6.45) is 1.08. The highest BCUT2D eigenvalue weighted by Gasteiger charge is 2.28. The molecule has 1 saturated heterocycles. The lowest BCUT2D eigenvalue weighted by Gasteiger charge is -2.38. The van der Waals surface area contributed by atoms with Crippen molar-refractivity contribution < 1.29 is 0 Å². The van der Waals surface area contributed by atoms with Crippen molar-refractivity contribution in [3.63, 3.8) is 0 Å². The van der Waals surface area contributed by atoms with Gasteiger partial charge in [-0.2, -0.15) is 0 Å². The van der Waals surface area contributed by atoms with Gasteiger partial charge in [0.2, 0.25) is 0 Å². The highest BCUT2D eigenvalue weighted by atomic mass is 15.2. The Morgan fingerprint density at radius 3 is 2.80 bits per heavy atom. The molecule has 1 aromatic heterocycles. The zero-order chi connectivity index (χ0) is 14.3. The summed E-state index contributed by atoms with van der Waals surface area (Å²) < 4.78 is 2.22. The molecule has 1 aliphatic heterocycles. The molecule has 0 aliphatic carbocycles. The van der Waals surface area contributed by atoms with Gasteiger partial charge in [0.25, 0.3) is 0 Å². The lowest BCUT2D eigenvalue weighted by atomic mass is 9.94. The molecular weight excluding hydrogens is 248 g/mol. The molecule has 0 radical (unpaired) electrons. The predicted octanol–water partition coefficient (Wildman–Crippen LogP) is 2.30. The third-order valence-electron chi connectivity index (χ3n) is 4.75. The summed E-state index contributed by atoms with van der Waals surface area (Å²) in [5, 5.41) is 0. The number of hydrogen-bond donors (Lipinski definition) is 1. The van der Waals surface area contributed by atoms with Gasteiger partial charge in [0.05, 0.1) is 17.1 Å². The molecule has 1 fully saturated rings. The van der Waals surface area contributed by atoms with Crippen LogP contribution in [-0.4, -0.2) is 33.6 Å². The van der Waals surface area contributed by atoms with Crippen molar-refractivity contribution in [2.75, 3.05) is 13.1 Å². The largest absolute Gasteiger partial charge is 0.330 e. The van der Waals surface area contributed by atoms with Crippen LogP contribution in [0.3, 0.4) is 0 Å². The second kappa shape index (κ2) is 5.19. The minimum absolute atomic E-state index is 0.336. The fraction of sp³-hybridized carbons (Fsp3) is 0.562. The highest BCUT2D eigenvalue weighted by Crippen LogP contribution is 2.27. The summed E-state index contributed by atoms with van der Waals surface area (Å²) in [6, 6.07) is 9.01. The number of imidazole rings is 1. The Kier molecular flexibility index (Phi) is 3.52. The Morgan fingerprint density at radius 2 is 2.10 bits per heavy atom. The molecule has 20 heavy (non-hydrogen) atoms. The summed E-state index contributed by atoms with van der Waals surface area (Å²) in [7, 11) is 2.11. The van der Waals surface area contributed by atoms with Crippen LogP contribution in [0, 0.1) is 5.92 Å². The van der Waals surface area contributed by atoms with E-state index in [1.54, 1.807) is 0 Å². The van der Waals surface area contributed by atoms with Crippen LogP contribution in [0.4, 0.5) is 0 Å². The number of rotatable bonds is 2. The van der Waals surface area contributed by atoms with E-state index in [0.717, 1.165) is 30.9 Å². The maximum atomic E-state index is 6.12. The lowest BCUT2D eigenvalue weighted by Crippen LogP contribution is -2.46. The third-order valence-corrected chi connectivity index (χ3v) is 4.75. The van der Waals surface area contributed by atoms with Gasteiger partial charge in [-0.05, 0) is 31.4 Å². The summed E-state index contributed by atoms with van der Waals surface area (Å²) in [6.45, 7) is 6.63. The maximum Gasteiger partial charge on any atom is 0.126 e. The predicted molar refractivity (Wildman–Crippen MR) is 82.5 cm³/mol. The van der Waals surface area contributed by atoms with E-state index in [0.29, 0.717) is 18.0 Å². The number of aryl methyl sites for hydroxylation is 1. The van der Waals surface area contributed by atoms with Crippen LogP contribution < -0.4 is 5.73 Å². The second-order valence-electron chi connectivity index (χ2n) is 6.12. The maximum absolute atomic E-state index is 6.12. The van der Waals surface area contributed by atoms with Crippen LogP contribution in [-0.2, 0) is 7.05 Å². The van der Waals surface area contributed by atoms with Crippen LogP contribution >= 0.6 is 0 Å². The van der Waals surface area contributed by atoms with Gasteiger partial charge in [0, 0.05) is 26.2 Å². The van der Waals surface area contributed by atoms with Gasteiger partial charge in [0.15, 0.2) is 0 Å². The molecule has 0 amide bonds. The summed E-state index contributed by atoms with van der Waals surface area (Å²) >= 11 is 0. The van der Waals surface area contributed by atoms with E-state index in [9.17, 15) is 0 Å². The monoisotopic (exact) mass is 272 g/mol. The molecule has 3 unspecified atom stereocenters. The van der Waals surface area contributed by atoms with Crippen molar-refractivity contribution in [2.24, 2.45) is 18.7 Å². The van der Waals surface area contributed by atoms with E-state index in [1.807, 2.05) is 6.07 Å². The van der Waals surface area contributed by atoms with Crippen LogP contribution in [0.2, 0.25) is 0 Å². The van der Waals surface area contributed by atoms with Crippen molar-refractivity contribution in [3.8, 4) is 0 Å². The average Bonchev–Trinajstić information content (AvgIpc) is 2.79. The molecule has 0 spiro atoms. The SMILES string of the molecule is CC1CN(C(C)c2nc3ccccc3n2C)CCC1N. The molecule has 4 heteroatoms. The Hall–Kier alpha value is -1.39. The number of piperidine rings is 1. The second-order valence-corrected chi connectivity index (χ2v) is 6.12. The highest BCUT2D eigenvalue weighted by molar-refractivity contribution is 5.75. The Labute approximate surface area is 120 Å². The number of likely N-dealkylation sites (tertiary alicyclic amines) is 1. The van der Waals surface area contributed by atoms with Crippen LogP contribution in [0.15, 0.2) is 24.3 Å². The molecule has 1 aromatic carbocycles. The van der Waals surface area contributed by atoms with Crippen molar-refractivity contribution >= 4 is 11.0 Å². The molecular formula is C16H24N4. The Morgan fingerprint density at radius 1 is 1.35 bits per heavy atom. The molecule has 0 bridgehead atoms. The van der Waals surface area contributed by atoms with Gasteiger partial charge < -0.3 is 10.3 Å². The van der Waals surface area contributed by atoms with Crippen molar-refractivity contribution in [2.45, 2.75) is 32.4 Å². The number of nitrogens with two attached hydrogens (primary N) is 1. The molecule has 2 aromatic rings. The topological polar surface area (TPSA) is 47.1 Å². The Balaban J connectivity index is 1.89. The van der Waals surface area contributed by atoms with Crippen LogP contribution in [0.5, 0.6) is 0 Å². The van der Waals surface area contributed by atoms with Crippen molar-refractivity contribution in [3.05, 3.63) is 30.1 Å². The number of fused-ring (bicyclic) bond motifs is 1. The summed E-state index contributed by atoms with van der Waals surface area (Å²) in [5.74, 6) is 1.70. The first-order valence-corrected chi connectivity index (χ1v) is 7.49. The molecule has 3 atom stereocenters. The van der Waals surface area contributed by atoms with E-state index in [1.165, 1.54) is 5.52 Å². The molecule has 4 nitrogen and oxygen atoms in total. The smallest absolute Gasteiger partial charge is 0.126 e. The van der Waals surface area contributed by atoms with Gasteiger partial charge in [-0.1, -0.05) is 19.1 Å². The van der Waals surface area contributed by atoms with Crippen LogP contribution in [0.25, 0.3) is 11.0 Å². The van der Waals surface area contributed by atoms with Crippen LogP contribution in [0.1, 0.15) is 32.1 Å². The van der Waals surface area contributed by atoms with E-state index in [-0.39, 0.29) is 0 Å².